The first kappa shape index (κ1) is 14.6. The van der Waals surface area contributed by atoms with Gasteiger partial charge in [-0.3, -0.25) is 4.68 Å². The molecule has 2 aromatic rings. The van der Waals surface area contributed by atoms with E-state index >= 15 is 0 Å². The number of hydrogen-bond acceptors (Lipinski definition) is 2. The van der Waals surface area contributed by atoms with Gasteiger partial charge in [0.15, 0.2) is 0 Å². The van der Waals surface area contributed by atoms with Crippen LogP contribution in [0.5, 0.6) is 0 Å². The second-order valence-corrected chi connectivity index (χ2v) is 4.68. The van der Waals surface area contributed by atoms with Crippen LogP contribution in [0.3, 0.4) is 0 Å². The van der Waals surface area contributed by atoms with Gasteiger partial charge >= 0.3 is 6.18 Å². The number of rotatable bonds is 4. The molecule has 0 fully saturated rings. The van der Waals surface area contributed by atoms with Crippen molar-refractivity contribution in [1.82, 2.24) is 15.1 Å². The lowest BCUT2D eigenvalue weighted by molar-refractivity contribution is -0.137. The Labute approximate surface area is 115 Å². The normalized spacial score (nSPS) is 11.8. The minimum Gasteiger partial charge on any atom is -0.308 e. The van der Waals surface area contributed by atoms with E-state index in [9.17, 15) is 13.2 Å². The minimum absolute atomic E-state index is 0.387. The Morgan fingerprint density at radius 2 is 2.00 bits per heavy atom. The molecule has 1 aromatic heterocycles. The highest BCUT2D eigenvalue weighted by Crippen LogP contribution is 2.29. The van der Waals surface area contributed by atoms with Crippen LogP contribution in [0.4, 0.5) is 13.2 Å². The van der Waals surface area contributed by atoms with Crippen molar-refractivity contribution in [3.8, 4) is 0 Å². The Morgan fingerprint density at radius 1 is 1.25 bits per heavy atom. The molecule has 3 nitrogen and oxygen atoms in total. The van der Waals surface area contributed by atoms with Gasteiger partial charge in [-0.05, 0) is 18.6 Å². The Balaban J connectivity index is 1.96. The fourth-order valence-corrected chi connectivity index (χ4v) is 1.92. The topological polar surface area (TPSA) is 29.9 Å². The molecule has 0 aliphatic carbocycles. The summed E-state index contributed by atoms with van der Waals surface area (Å²) < 4.78 is 39.5. The molecular formula is C14H16F3N3. The minimum atomic E-state index is -4.30. The van der Waals surface area contributed by atoms with Crippen LogP contribution in [0.2, 0.25) is 0 Å². The Morgan fingerprint density at radius 3 is 2.60 bits per heavy atom. The first-order valence-electron chi connectivity index (χ1n) is 6.22. The van der Waals surface area contributed by atoms with Crippen molar-refractivity contribution < 1.29 is 13.2 Å². The smallest absolute Gasteiger partial charge is 0.308 e. The van der Waals surface area contributed by atoms with Gasteiger partial charge in [-0.2, -0.15) is 18.3 Å². The molecule has 0 saturated carbocycles. The number of aryl methyl sites for hydroxylation is 1. The average Bonchev–Trinajstić information content (AvgIpc) is 2.70. The van der Waals surface area contributed by atoms with Crippen LogP contribution in [0, 0.1) is 6.92 Å². The summed E-state index contributed by atoms with van der Waals surface area (Å²) in [6, 6.07) is 5.35. The zero-order chi connectivity index (χ0) is 14.8. The summed E-state index contributed by atoms with van der Waals surface area (Å²) in [7, 11) is 1.85. The fraction of sp³-hybridized carbons (Fsp3) is 0.357. The molecule has 6 heteroatoms. The van der Waals surface area contributed by atoms with Crippen molar-refractivity contribution in [2.24, 2.45) is 7.05 Å². The molecule has 0 aliphatic heterocycles. The summed E-state index contributed by atoms with van der Waals surface area (Å²) in [4.78, 5) is 0. The lowest BCUT2D eigenvalue weighted by Gasteiger charge is -2.09. The van der Waals surface area contributed by atoms with Crippen LogP contribution in [-0.4, -0.2) is 9.78 Å². The van der Waals surface area contributed by atoms with Gasteiger partial charge in [0.25, 0.3) is 0 Å². The van der Waals surface area contributed by atoms with Gasteiger partial charge in [0.2, 0.25) is 0 Å². The zero-order valence-corrected chi connectivity index (χ0v) is 11.3. The number of nitrogens with zero attached hydrogens (tertiary/aromatic N) is 2. The largest absolute Gasteiger partial charge is 0.416 e. The molecule has 20 heavy (non-hydrogen) atoms. The second-order valence-electron chi connectivity index (χ2n) is 4.68. The molecule has 1 aromatic carbocycles. The molecule has 0 unspecified atom stereocenters. The highest BCUT2D eigenvalue weighted by atomic mass is 19.4. The van der Waals surface area contributed by atoms with E-state index < -0.39 is 11.7 Å². The van der Waals surface area contributed by atoms with E-state index in [1.54, 1.807) is 16.9 Å². The maximum Gasteiger partial charge on any atom is 0.416 e. The van der Waals surface area contributed by atoms with Gasteiger partial charge in [-0.1, -0.05) is 18.2 Å². The molecule has 0 saturated heterocycles. The highest BCUT2D eigenvalue weighted by molar-refractivity contribution is 5.25. The molecule has 1 N–H and O–H groups in total. The van der Waals surface area contributed by atoms with Crippen molar-refractivity contribution in [2.75, 3.05) is 0 Å². The van der Waals surface area contributed by atoms with Crippen molar-refractivity contribution in [2.45, 2.75) is 26.2 Å². The third-order valence-electron chi connectivity index (χ3n) is 3.24. The van der Waals surface area contributed by atoms with Gasteiger partial charge in [-0.15, -0.1) is 0 Å². The monoisotopic (exact) mass is 283 g/mol. The summed E-state index contributed by atoms with van der Waals surface area (Å²) in [5.41, 5.74) is 2.08. The second kappa shape index (κ2) is 5.66. The first-order chi connectivity index (χ1) is 9.38. The molecule has 2 rings (SSSR count). The summed E-state index contributed by atoms with van der Waals surface area (Å²) >= 11 is 0. The molecule has 0 spiro atoms. The van der Waals surface area contributed by atoms with E-state index in [0.29, 0.717) is 18.7 Å². The number of hydrogen-bond donors (Lipinski definition) is 1. The maximum atomic E-state index is 12.6. The molecule has 0 amide bonds. The number of aromatic nitrogens is 2. The molecule has 108 valence electrons. The van der Waals surface area contributed by atoms with Crippen molar-refractivity contribution in [3.05, 3.63) is 52.8 Å². The van der Waals surface area contributed by atoms with E-state index in [-0.39, 0.29) is 0 Å². The number of alkyl halides is 3. The Hall–Kier alpha value is -1.82. The van der Waals surface area contributed by atoms with Crippen molar-refractivity contribution in [1.29, 1.82) is 0 Å². The molecule has 0 aliphatic rings. The quantitative estimate of drug-likeness (QED) is 0.934. The van der Waals surface area contributed by atoms with Crippen molar-refractivity contribution >= 4 is 0 Å². The van der Waals surface area contributed by atoms with E-state index in [1.807, 2.05) is 14.0 Å². The van der Waals surface area contributed by atoms with Gasteiger partial charge in [0.05, 0.1) is 11.8 Å². The van der Waals surface area contributed by atoms with Crippen molar-refractivity contribution in [3.63, 3.8) is 0 Å². The molecule has 0 atom stereocenters. The van der Waals surface area contributed by atoms with Crippen LogP contribution in [0.25, 0.3) is 0 Å². The lowest BCUT2D eigenvalue weighted by Crippen LogP contribution is -2.14. The summed E-state index contributed by atoms with van der Waals surface area (Å²) in [6.45, 7) is 2.92. The zero-order valence-electron chi connectivity index (χ0n) is 11.3. The standard InChI is InChI=1S/C14H16F3N3/c1-10-12(9-19-20(10)2)8-18-7-11-4-3-5-13(6-11)14(15,16)17/h3-6,9,18H,7-8H2,1-2H3. The average molecular weight is 283 g/mol. The first-order valence-corrected chi connectivity index (χ1v) is 6.22. The highest BCUT2D eigenvalue weighted by Gasteiger charge is 2.30. The van der Waals surface area contributed by atoms with Gasteiger partial charge in [-0.25, -0.2) is 0 Å². The van der Waals surface area contributed by atoms with E-state index in [1.165, 1.54) is 12.1 Å². The molecule has 1 heterocycles. The van der Waals surface area contributed by atoms with Crippen LogP contribution >= 0.6 is 0 Å². The van der Waals surface area contributed by atoms with Crippen LogP contribution in [-0.2, 0) is 26.3 Å². The predicted molar refractivity (Wildman–Crippen MR) is 69.9 cm³/mol. The molecular weight excluding hydrogens is 267 g/mol. The fourth-order valence-electron chi connectivity index (χ4n) is 1.92. The summed E-state index contributed by atoms with van der Waals surface area (Å²) in [6.07, 6.45) is -2.54. The van der Waals surface area contributed by atoms with E-state index in [4.69, 9.17) is 0 Å². The molecule has 0 radical (unpaired) electrons. The van der Waals surface area contributed by atoms with E-state index in [2.05, 4.69) is 10.4 Å². The number of nitrogens with one attached hydrogen (secondary N) is 1. The number of halogens is 3. The third-order valence-corrected chi connectivity index (χ3v) is 3.24. The summed E-state index contributed by atoms with van der Waals surface area (Å²) in [5.74, 6) is 0. The van der Waals surface area contributed by atoms with E-state index in [0.717, 1.165) is 17.3 Å². The maximum absolute atomic E-state index is 12.6. The SMILES string of the molecule is Cc1c(CNCc2cccc(C(F)(F)F)c2)cnn1C. The predicted octanol–water partition coefficient (Wildman–Crippen LogP) is 3.04. The van der Waals surface area contributed by atoms with Crippen LogP contribution < -0.4 is 5.32 Å². The lowest BCUT2D eigenvalue weighted by atomic mass is 10.1. The Bertz CT molecular complexity index is 588. The number of benzene rings is 1. The molecule has 0 bridgehead atoms. The van der Waals surface area contributed by atoms with Crippen LogP contribution in [0.1, 0.15) is 22.4 Å². The van der Waals surface area contributed by atoms with Gasteiger partial charge in [0.1, 0.15) is 0 Å². The Kier molecular flexibility index (Phi) is 4.13. The summed E-state index contributed by atoms with van der Waals surface area (Å²) in [5, 5.41) is 7.25. The van der Waals surface area contributed by atoms with Gasteiger partial charge in [0, 0.05) is 31.4 Å². The third kappa shape index (κ3) is 3.39. The van der Waals surface area contributed by atoms with Gasteiger partial charge < -0.3 is 5.32 Å². The van der Waals surface area contributed by atoms with Crippen LogP contribution in [0.15, 0.2) is 30.5 Å².